The van der Waals surface area contributed by atoms with Crippen molar-refractivity contribution in [3.05, 3.63) is 71.8 Å². The standard InChI is InChI=1S/C13H12.C5H11N/c1-11-6-5-9-13(11)10-12-7-3-2-4-8-12;1-2-4-6-5-3-1/h2-9H,1,10H2;6H,1-5H2. The Morgan fingerprint density at radius 3 is 2.21 bits per heavy atom. The summed E-state index contributed by atoms with van der Waals surface area (Å²) in [5.41, 5.74) is 3.81. The van der Waals surface area contributed by atoms with Crippen LogP contribution < -0.4 is 5.32 Å². The molecule has 1 heterocycles. The Morgan fingerprint density at radius 2 is 1.74 bits per heavy atom. The van der Waals surface area contributed by atoms with Gasteiger partial charge in [-0.25, -0.2) is 0 Å². The number of piperidine rings is 1. The monoisotopic (exact) mass is 253 g/mol. The Hall–Kier alpha value is -1.60. The molecule has 0 unspecified atom stereocenters. The van der Waals surface area contributed by atoms with Crippen molar-refractivity contribution >= 4 is 0 Å². The molecular weight excluding hydrogens is 230 g/mol. The molecule has 1 aromatic carbocycles. The van der Waals surface area contributed by atoms with Gasteiger partial charge in [0, 0.05) is 0 Å². The summed E-state index contributed by atoms with van der Waals surface area (Å²) in [6.45, 7) is 6.48. The van der Waals surface area contributed by atoms with Crippen LogP contribution in [0.1, 0.15) is 24.8 Å². The van der Waals surface area contributed by atoms with Gasteiger partial charge in [-0.2, -0.15) is 0 Å². The van der Waals surface area contributed by atoms with Gasteiger partial charge >= 0.3 is 0 Å². The van der Waals surface area contributed by atoms with E-state index in [-0.39, 0.29) is 0 Å². The van der Waals surface area contributed by atoms with Crippen molar-refractivity contribution in [2.45, 2.75) is 25.7 Å². The Kier molecular flexibility index (Phi) is 5.64. The first kappa shape index (κ1) is 13.8. The van der Waals surface area contributed by atoms with E-state index in [0.717, 1.165) is 12.0 Å². The predicted molar refractivity (Wildman–Crippen MR) is 83.2 cm³/mol. The molecule has 19 heavy (non-hydrogen) atoms. The topological polar surface area (TPSA) is 12.0 Å². The molecule has 0 amide bonds. The molecule has 1 nitrogen and oxygen atoms in total. The van der Waals surface area contributed by atoms with E-state index >= 15 is 0 Å². The first-order chi connectivity index (χ1) is 9.36. The van der Waals surface area contributed by atoms with Crippen LogP contribution in [0.2, 0.25) is 0 Å². The number of hydrogen-bond donors (Lipinski definition) is 1. The molecule has 1 heteroatoms. The van der Waals surface area contributed by atoms with Gasteiger partial charge in [0.15, 0.2) is 0 Å². The lowest BCUT2D eigenvalue weighted by Crippen LogP contribution is -2.21. The second-order valence-corrected chi connectivity index (χ2v) is 5.05. The second kappa shape index (κ2) is 7.75. The highest BCUT2D eigenvalue weighted by molar-refractivity contribution is 5.48. The minimum absolute atomic E-state index is 0.993. The van der Waals surface area contributed by atoms with Gasteiger partial charge in [-0.3, -0.25) is 0 Å². The molecule has 100 valence electrons. The maximum Gasteiger partial charge on any atom is -0.00201 e. The maximum absolute atomic E-state index is 3.98. The normalized spacial score (nSPS) is 17.7. The largest absolute Gasteiger partial charge is 0.317 e. The fourth-order valence-corrected chi connectivity index (χ4v) is 2.28. The van der Waals surface area contributed by atoms with Gasteiger partial charge in [-0.1, -0.05) is 61.6 Å². The van der Waals surface area contributed by atoms with Gasteiger partial charge in [0.2, 0.25) is 0 Å². The zero-order valence-electron chi connectivity index (χ0n) is 11.6. The number of hydrogen-bond acceptors (Lipinski definition) is 1. The highest BCUT2D eigenvalue weighted by Gasteiger charge is 2.04. The summed E-state index contributed by atoms with van der Waals surface area (Å²) >= 11 is 0. The van der Waals surface area contributed by atoms with Crippen LogP contribution in [-0.2, 0) is 6.42 Å². The van der Waals surface area contributed by atoms with E-state index in [4.69, 9.17) is 0 Å². The number of allylic oxidation sites excluding steroid dienone is 5. The quantitative estimate of drug-likeness (QED) is 0.838. The molecule has 1 fully saturated rings. The fourth-order valence-electron chi connectivity index (χ4n) is 2.28. The maximum atomic E-state index is 3.98. The SMILES string of the molecule is C1CCNCC1.C=C1C=CC=C1Cc1ccccc1. The minimum atomic E-state index is 0.993. The van der Waals surface area contributed by atoms with Crippen molar-refractivity contribution in [1.82, 2.24) is 5.32 Å². The van der Waals surface area contributed by atoms with Crippen LogP contribution in [0.4, 0.5) is 0 Å². The Balaban J connectivity index is 0.000000186. The Labute approximate surface area is 116 Å². The van der Waals surface area contributed by atoms with Crippen LogP contribution in [0.5, 0.6) is 0 Å². The molecule has 3 rings (SSSR count). The van der Waals surface area contributed by atoms with Crippen LogP contribution in [0.25, 0.3) is 0 Å². The molecule has 0 saturated carbocycles. The van der Waals surface area contributed by atoms with Crippen LogP contribution >= 0.6 is 0 Å². The lowest BCUT2D eigenvalue weighted by Gasteiger charge is -2.08. The molecule has 0 atom stereocenters. The van der Waals surface area contributed by atoms with Gasteiger partial charge in [0.25, 0.3) is 0 Å². The molecule has 1 N–H and O–H groups in total. The average Bonchev–Trinajstić information content (AvgIpc) is 2.88. The summed E-state index contributed by atoms with van der Waals surface area (Å²) in [7, 11) is 0. The van der Waals surface area contributed by atoms with E-state index in [1.165, 1.54) is 43.5 Å². The third-order valence-corrected chi connectivity index (χ3v) is 3.45. The van der Waals surface area contributed by atoms with Crippen LogP contribution in [0, 0.1) is 0 Å². The van der Waals surface area contributed by atoms with Gasteiger partial charge in [0.1, 0.15) is 0 Å². The lowest BCUT2D eigenvalue weighted by molar-refractivity contribution is 0.520. The first-order valence-corrected chi connectivity index (χ1v) is 7.17. The summed E-state index contributed by atoms with van der Waals surface area (Å²) in [5.74, 6) is 0. The number of rotatable bonds is 2. The van der Waals surface area contributed by atoms with Crippen molar-refractivity contribution in [1.29, 1.82) is 0 Å². The van der Waals surface area contributed by atoms with Crippen molar-refractivity contribution < 1.29 is 0 Å². The molecule has 1 aliphatic heterocycles. The summed E-state index contributed by atoms with van der Waals surface area (Å²) in [4.78, 5) is 0. The van der Waals surface area contributed by atoms with Crippen LogP contribution in [0.15, 0.2) is 66.3 Å². The van der Waals surface area contributed by atoms with Gasteiger partial charge in [0.05, 0.1) is 0 Å². The fraction of sp³-hybridized carbons (Fsp3) is 0.333. The van der Waals surface area contributed by atoms with Crippen LogP contribution in [-0.4, -0.2) is 13.1 Å². The molecule has 0 spiro atoms. The summed E-state index contributed by atoms with van der Waals surface area (Å²) < 4.78 is 0. The van der Waals surface area contributed by atoms with Gasteiger partial charge < -0.3 is 5.32 Å². The van der Waals surface area contributed by atoms with E-state index in [1.807, 2.05) is 6.07 Å². The zero-order chi connectivity index (χ0) is 13.3. The lowest BCUT2D eigenvalue weighted by atomic mass is 10.0. The summed E-state index contributed by atoms with van der Waals surface area (Å²) in [5, 5.41) is 3.28. The number of nitrogens with one attached hydrogen (secondary N) is 1. The summed E-state index contributed by atoms with van der Waals surface area (Å²) in [6, 6.07) is 10.5. The molecule has 2 aliphatic rings. The van der Waals surface area contributed by atoms with E-state index in [9.17, 15) is 0 Å². The molecule has 1 saturated heterocycles. The van der Waals surface area contributed by atoms with Crippen molar-refractivity contribution in [2.24, 2.45) is 0 Å². The van der Waals surface area contributed by atoms with Gasteiger partial charge in [-0.15, -0.1) is 0 Å². The van der Waals surface area contributed by atoms with Crippen molar-refractivity contribution in [3.8, 4) is 0 Å². The van der Waals surface area contributed by atoms with Gasteiger partial charge in [-0.05, 0) is 49.1 Å². The molecule has 1 aromatic rings. The third kappa shape index (κ3) is 4.88. The molecule has 0 radical (unpaired) electrons. The van der Waals surface area contributed by atoms with E-state index < -0.39 is 0 Å². The molecule has 0 aromatic heterocycles. The van der Waals surface area contributed by atoms with E-state index in [2.05, 4.69) is 54.4 Å². The van der Waals surface area contributed by atoms with Crippen molar-refractivity contribution in [3.63, 3.8) is 0 Å². The average molecular weight is 253 g/mol. The summed E-state index contributed by atoms with van der Waals surface area (Å²) in [6.07, 6.45) is 11.5. The van der Waals surface area contributed by atoms with Crippen molar-refractivity contribution in [2.75, 3.05) is 13.1 Å². The highest BCUT2D eigenvalue weighted by atomic mass is 14.9. The second-order valence-electron chi connectivity index (χ2n) is 5.05. The number of benzene rings is 1. The molecular formula is C18H23N. The smallest absolute Gasteiger partial charge is 0.00201 e. The van der Waals surface area contributed by atoms with Crippen LogP contribution in [0.3, 0.4) is 0 Å². The molecule has 0 bridgehead atoms. The van der Waals surface area contributed by atoms with E-state index in [0.29, 0.717) is 0 Å². The Morgan fingerprint density at radius 1 is 1.00 bits per heavy atom. The predicted octanol–water partition coefficient (Wildman–Crippen LogP) is 4.04. The molecule has 1 aliphatic carbocycles. The first-order valence-electron chi connectivity index (χ1n) is 7.17. The zero-order valence-corrected chi connectivity index (χ0v) is 11.6. The van der Waals surface area contributed by atoms with E-state index in [1.54, 1.807) is 0 Å². The Bertz CT molecular complexity index is 438. The highest BCUT2D eigenvalue weighted by Crippen LogP contribution is 2.20. The minimum Gasteiger partial charge on any atom is -0.317 e. The third-order valence-electron chi connectivity index (χ3n) is 3.45.